The molecular formula is C14H7Br2F3N2O4. The van der Waals surface area contributed by atoms with Gasteiger partial charge in [-0.25, -0.2) is 0 Å². The van der Waals surface area contributed by atoms with E-state index in [1.165, 1.54) is 12.1 Å². The molecule has 25 heavy (non-hydrogen) atoms. The number of oxime groups is 1. The fraction of sp³-hybridized carbons (Fsp3) is 0.0714. The molecule has 0 fully saturated rings. The summed E-state index contributed by atoms with van der Waals surface area (Å²) in [4.78, 5) is 10.1. The van der Waals surface area contributed by atoms with Gasteiger partial charge in [0.1, 0.15) is 0 Å². The predicted octanol–water partition coefficient (Wildman–Crippen LogP) is 5.74. The lowest BCUT2D eigenvalue weighted by Gasteiger charge is -2.12. The van der Waals surface area contributed by atoms with Crippen LogP contribution in [0.15, 0.2) is 44.4 Å². The highest BCUT2D eigenvalue weighted by Gasteiger charge is 2.33. The molecule has 2 rings (SSSR count). The number of halogens is 5. The molecule has 0 unspecified atom stereocenters. The second-order valence-electron chi connectivity index (χ2n) is 4.60. The first-order valence-corrected chi connectivity index (χ1v) is 7.92. The summed E-state index contributed by atoms with van der Waals surface area (Å²) in [6.07, 6.45) is -3.57. The second-order valence-corrected chi connectivity index (χ2v) is 6.31. The van der Waals surface area contributed by atoms with Crippen LogP contribution < -0.4 is 4.74 Å². The lowest BCUT2D eigenvalue weighted by molar-refractivity contribution is -0.385. The Bertz CT molecular complexity index is 833. The number of nitro benzene ring substituents is 1. The molecular weight excluding hydrogens is 477 g/mol. The van der Waals surface area contributed by atoms with Crippen molar-refractivity contribution in [2.75, 3.05) is 0 Å². The summed E-state index contributed by atoms with van der Waals surface area (Å²) in [6.45, 7) is 0. The van der Waals surface area contributed by atoms with E-state index < -0.39 is 22.4 Å². The van der Waals surface area contributed by atoms with E-state index >= 15 is 0 Å². The minimum Gasteiger partial charge on any atom is -0.448 e. The zero-order valence-corrected chi connectivity index (χ0v) is 15.1. The Hall–Kier alpha value is -2.14. The molecule has 0 saturated carbocycles. The van der Waals surface area contributed by atoms with Crippen molar-refractivity contribution in [3.63, 3.8) is 0 Å². The molecule has 0 aliphatic rings. The SMILES string of the molecule is O=[N+]([O-])c1cc(C(F)(F)F)ccc1Oc1c(Br)cc(/C=N\O)cc1Br. The van der Waals surface area contributed by atoms with Crippen molar-refractivity contribution in [3.8, 4) is 11.5 Å². The van der Waals surface area contributed by atoms with Crippen molar-refractivity contribution in [1.82, 2.24) is 0 Å². The van der Waals surface area contributed by atoms with Crippen molar-refractivity contribution in [3.05, 3.63) is 60.5 Å². The maximum atomic E-state index is 12.7. The first-order valence-electron chi connectivity index (χ1n) is 6.33. The number of benzene rings is 2. The minimum absolute atomic E-state index is 0.109. The molecule has 1 N–H and O–H groups in total. The van der Waals surface area contributed by atoms with Gasteiger partial charge in [0, 0.05) is 6.07 Å². The number of nitrogens with zero attached hydrogens (tertiary/aromatic N) is 2. The van der Waals surface area contributed by atoms with Gasteiger partial charge in [0.2, 0.25) is 5.75 Å². The van der Waals surface area contributed by atoms with Crippen LogP contribution in [0.1, 0.15) is 11.1 Å². The second kappa shape index (κ2) is 7.40. The Morgan fingerprint density at radius 3 is 2.28 bits per heavy atom. The van der Waals surface area contributed by atoms with E-state index in [2.05, 4.69) is 37.0 Å². The van der Waals surface area contributed by atoms with Crippen LogP contribution in [0.25, 0.3) is 0 Å². The summed E-state index contributed by atoms with van der Waals surface area (Å²) in [5, 5.41) is 22.5. The zero-order chi connectivity index (χ0) is 18.8. The van der Waals surface area contributed by atoms with Crippen LogP contribution in [-0.4, -0.2) is 16.3 Å². The third-order valence-corrected chi connectivity index (χ3v) is 4.10. The topological polar surface area (TPSA) is 85.0 Å². The van der Waals surface area contributed by atoms with Gasteiger partial charge in [-0.05, 0) is 61.7 Å². The van der Waals surface area contributed by atoms with E-state index in [1.807, 2.05) is 0 Å². The highest BCUT2D eigenvalue weighted by atomic mass is 79.9. The number of hydrogen-bond acceptors (Lipinski definition) is 5. The van der Waals surface area contributed by atoms with Crippen molar-refractivity contribution >= 4 is 43.8 Å². The van der Waals surface area contributed by atoms with Crippen molar-refractivity contribution in [2.45, 2.75) is 6.18 Å². The lowest BCUT2D eigenvalue weighted by Crippen LogP contribution is -2.06. The van der Waals surface area contributed by atoms with E-state index in [1.54, 1.807) is 0 Å². The Morgan fingerprint density at radius 1 is 1.20 bits per heavy atom. The van der Waals surface area contributed by atoms with E-state index in [0.717, 1.165) is 12.3 Å². The highest BCUT2D eigenvalue weighted by molar-refractivity contribution is 9.11. The molecule has 0 amide bonds. The normalized spacial score (nSPS) is 11.7. The summed E-state index contributed by atoms with van der Waals surface area (Å²) < 4.78 is 44.3. The van der Waals surface area contributed by atoms with Crippen molar-refractivity contribution < 1.29 is 28.0 Å². The van der Waals surface area contributed by atoms with Gasteiger partial charge >= 0.3 is 11.9 Å². The van der Waals surface area contributed by atoms with Gasteiger partial charge in [0.15, 0.2) is 5.75 Å². The van der Waals surface area contributed by atoms with Crippen molar-refractivity contribution in [1.29, 1.82) is 0 Å². The monoisotopic (exact) mass is 482 g/mol. The van der Waals surface area contributed by atoms with Crippen LogP contribution in [0, 0.1) is 10.1 Å². The van der Waals surface area contributed by atoms with Crippen LogP contribution in [-0.2, 0) is 6.18 Å². The van der Waals surface area contributed by atoms with Crippen LogP contribution in [0.5, 0.6) is 11.5 Å². The average molecular weight is 484 g/mol. The molecule has 0 saturated heterocycles. The molecule has 6 nitrogen and oxygen atoms in total. The number of ether oxygens (including phenoxy) is 1. The molecule has 132 valence electrons. The molecule has 0 aromatic heterocycles. The predicted molar refractivity (Wildman–Crippen MR) is 89.4 cm³/mol. The Labute approximate surface area is 155 Å². The van der Waals surface area contributed by atoms with Crippen LogP contribution in [0.2, 0.25) is 0 Å². The maximum Gasteiger partial charge on any atom is 0.416 e. The fourth-order valence-corrected chi connectivity index (χ4v) is 3.23. The van der Waals surface area contributed by atoms with Gasteiger partial charge in [0.25, 0.3) is 0 Å². The standard InChI is InChI=1S/C14H7Br2F3N2O4/c15-9-3-7(6-20-22)4-10(16)13(9)25-12-2-1-8(14(17,18)19)5-11(12)21(23)24/h1-6,22H/b20-6-. The van der Waals surface area contributed by atoms with E-state index in [-0.39, 0.29) is 11.5 Å². The summed E-state index contributed by atoms with van der Waals surface area (Å²) in [5.41, 5.74) is -1.50. The van der Waals surface area contributed by atoms with Gasteiger partial charge in [-0.2, -0.15) is 13.2 Å². The van der Waals surface area contributed by atoms with Gasteiger partial charge in [-0.3, -0.25) is 10.1 Å². The molecule has 0 heterocycles. The zero-order valence-electron chi connectivity index (χ0n) is 11.9. The molecule has 2 aromatic rings. The first-order chi connectivity index (χ1) is 11.6. The van der Waals surface area contributed by atoms with Crippen LogP contribution in [0.4, 0.5) is 18.9 Å². The highest BCUT2D eigenvalue weighted by Crippen LogP contribution is 2.42. The largest absolute Gasteiger partial charge is 0.448 e. The third kappa shape index (κ3) is 4.48. The summed E-state index contributed by atoms with van der Waals surface area (Å²) >= 11 is 6.37. The molecule has 0 atom stereocenters. The molecule has 0 aliphatic heterocycles. The van der Waals surface area contributed by atoms with Gasteiger partial charge in [0.05, 0.1) is 25.6 Å². The summed E-state index contributed by atoms with van der Waals surface area (Å²) in [6, 6.07) is 4.97. The molecule has 0 bridgehead atoms. The summed E-state index contributed by atoms with van der Waals surface area (Å²) in [7, 11) is 0. The molecule has 2 aromatic carbocycles. The lowest BCUT2D eigenvalue weighted by atomic mass is 10.2. The van der Waals surface area contributed by atoms with Crippen molar-refractivity contribution in [2.24, 2.45) is 5.16 Å². The number of alkyl halides is 3. The molecule has 0 radical (unpaired) electrons. The Balaban J connectivity index is 2.49. The molecule has 0 spiro atoms. The fourth-order valence-electron chi connectivity index (χ4n) is 1.85. The number of hydrogen-bond donors (Lipinski definition) is 1. The quantitative estimate of drug-likeness (QED) is 0.260. The van der Waals surface area contributed by atoms with Crippen LogP contribution in [0.3, 0.4) is 0 Å². The minimum atomic E-state index is -4.71. The first kappa shape index (κ1) is 19.2. The average Bonchev–Trinajstić information content (AvgIpc) is 2.50. The Morgan fingerprint density at radius 2 is 1.80 bits per heavy atom. The maximum absolute atomic E-state index is 12.7. The Kier molecular flexibility index (Phi) is 5.68. The van der Waals surface area contributed by atoms with Gasteiger partial charge in [-0.15, -0.1) is 0 Å². The molecule has 0 aliphatic carbocycles. The number of rotatable bonds is 4. The van der Waals surface area contributed by atoms with Gasteiger partial charge in [-0.1, -0.05) is 5.16 Å². The van der Waals surface area contributed by atoms with E-state index in [9.17, 15) is 23.3 Å². The molecule has 11 heteroatoms. The summed E-state index contributed by atoms with van der Waals surface area (Å²) in [5.74, 6) is -0.249. The van der Waals surface area contributed by atoms with E-state index in [4.69, 9.17) is 9.94 Å². The van der Waals surface area contributed by atoms with E-state index in [0.29, 0.717) is 26.6 Å². The van der Waals surface area contributed by atoms with Gasteiger partial charge < -0.3 is 9.94 Å². The third-order valence-electron chi connectivity index (χ3n) is 2.92. The van der Waals surface area contributed by atoms with Crippen LogP contribution >= 0.6 is 31.9 Å². The smallest absolute Gasteiger partial charge is 0.416 e. The number of nitro groups is 1.